The summed E-state index contributed by atoms with van der Waals surface area (Å²) in [4.78, 5) is 12.3. The quantitative estimate of drug-likeness (QED) is 0.811. The molecule has 1 N–H and O–H groups in total. The van der Waals surface area contributed by atoms with E-state index in [0.717, 1.165) is 12.0 Å². The van der Waals surface area contributed by atoms with Crippen LogP contribution in [-0.4, -0.2) is 19.1 Å². The van der Waals surface area contributed by atoms with Crippen LogP contribution in [0.15, 0.2) is 42.5 Å². The molecule has 2 aromatic rings. The van der Waals surface area contributed by atoms with Crippen LogP contribution in [0.3, 0.4) is 0 Å². The largest absolute Gasteiger partial charge is 0.490 e. The number of hydrogen-bond acceptors (Lipinski definition) is 3. The van der Waals surface area contributed by atoms with Crippen LogP contribution in [0.1, 0.15) is 49.4 Å². The lowest BCUT2D eigenvalue weighted by atomic mass is 9.89. The third-order valence-electron chi connectivity index (χ3n) is 4.76. The molecule has 1 aliphatic rings. The molecule has 0 saturated carbocycles. The van der Waals surface area contributed by atoms with Crippen molar-refractivity contribution in [2.24, 2.45) is 0 Å². The van der Waals surface area contributed by atoms with Crippen molar-refractivity contribution < 1.29 is 14.3 Å². The van der Waals surface area contributed by atoms with Gasteiger partial charge < -0.3 is 14.8 Å². The summed E-state index contributed by atoms with van der Waals surface area (Å²) < 4.78 is 11.2. The van der Waals surface area contributed by atoms with Gasteiger partial charge in [-0.15, -0.1) is 0 Å². The van der Waals surface area contributed by atoms with Gasteiger partial charge in [-0.3, -0.25) is 4.79 Å². The molecule has 0 spiro atoms. The molecule has 2 aromatic carbocycles. The third-order valence-corrected chi connectivity index (χ3v) is 4.76. The zero-order valence-electron chi connectivity index (χ0n) is 15.6. The van der Waals surface area contributed by atoms with Crippen LogP contribution in [0.5, 0.6) is 11.5 Å². The maximum atomic E-state index is 12.3. The molecule has 0 aliphatic heterocycles. The number of nitrogens with one attached hydrogen (secondary N) is 1. The predicted octanol–water partition coefficient (Wildman–Crippen LogP) is 4.22. The second kappa shape index (κ2) is 8.75. The highest BCUT2D eigenvalue weighted by molar-refractivity contribution is 5.78. The normalized spacial score (nSPS) is 14.2. The number of para-hydroxylation sites is 2. The first-order valence-electron chi connectivity index (χ1n) is 9.43. The lowest BCUT2D eigenvalue weighted by Gasteiger charge is -2.20. The van der Waals surface area contributed by atoms with Gasteiger partial charge in [0.25, 0.3) is 5.91 Å². The van der Waals surface area contributed by atoms with Gasteiger partial charge in [0.2, 0.25) is 0 Å². The Balaban J connectivity index is 1.56. The number of benzene rings is 2. The molecule has 4 nitrogen and oxygen atoms in total. The Morgan fingerprint density at radius 1 is 1.04 bits per heavy atom. The molecular weight excluding hydrogens is 326 g/mol. The van der Waals surface area contributed by atoms with E-state index in [1.165, 1.54) is 30.4 Å². The van der Waals surface area contributed by atoms with E-state index in [1.54, 1.807) is 0 Å². The van der Waals surface area contributed by atoms with E-state index in [-0.39, 0.29) is 18.6 Å². The number of amides is 1. The molecule has 26 heavy (non-hydrogen) atoms. The monoisotopic (exact) mass is 353 g/mol. The van der Waals surface area contributed by atoms with Crippen molar-refractivity contribution >= 4 is 5.91 Å². The average molecular weight is 353 g/mol. The molecule has 0 bridgehead atoms. The van der Waals surface area contributed by atoms with E-state index >= 15 is 0 Å². The van der Waals surface area contributed by atoms with Crippen molar-refractivity contribution in [3.05, 3.63) is 59.2 Å². The van der Waals surface area contributed by atoms with Crippen LogP contribution in [0.2, 0.25) is 0 Å². The minimum absolute atomic E-state index is 0.0284. The summed E-state index contributed by atoms with van der Waals surface area (Å²) in [5, 5.41) is 3.02. The van der Waals surface area contributed by atoms with Crippen molar-refractivity contribution in [3.8, 4) is 11.5 Å². The summed E-state index contributed by atoms with van der Waals surface area (Å²) in [6.45, 7) is 4.46. The first-order valence-corrected chi connectivity index (χ1v) is 9.43. The minimum Gasteiger partial charge on any atom is -0.490 e. The molecule has 3 rings (SSSR count). The van der Waals surface area contributed by atoms with Crippen LogP contribution < -0.4 is 14.8 Å². The van der Waals surface area contributed by atoms with Gasteiger partial charge in [-0.1, -0.05) is 30.3 Å². The molecule has 0 fully saturated rings. The predicted molar refractivity (Wildman–Crippen MR) is 103 cm³/mol. The number of hydrogen-bond donors (Lipinski definition) is 1. The Morgan fingerprint density at radius 2 is 1.73 bits per heavy atom. The first kappa shape index (κ1) is 18.3. The molecule has 4 heteroatoms. The Hall–Kier alpha value is -2.49. The average Bonchev–Trinajstić information content (AvgIpc) is 2.67. The second-order valence-electron chi connectivity index (χ2n) is 6.69. The molecule has 1 aliphatic carbocycles. The molecule has 0 aromatic heterocycles. The van der Waals surface area contributed by atoms with Crippen molar-refractivity contribution in [3.63, 3.8) is 0 Å². The number of aryl methyl sites for hydroxylation is 2. The van der Waals surface area contributed by atoms with E-state index < -0.39 is 0 Å². The Bertz CT molecular complexity index is 757. The Kier molecular flexibility index (Phi) is 6.16. The number of carbonyl (C=O) groups is 1. The van der Waals surface area contributed by atoms with E-state index in [0.29, 0.717) is 18.1 Å². The molecule has 1 atom stereocenters. The fourth-order valence-corrected chi connectivity index (χ4v) is 3.38. The van der Waals surface area contributed by atoms with Gasteiger partial charge in [-0.05, 0) is 68.4 Å². The van der Waals surface area contributed by atoms with Crippen molar-refractivity contribution in [2.45, 2.75) is 45.6 Å². The van der Waals surface area contributed by atoms with Crippen LogP contribution in [-0.2, 0) is 17.6 Å². The molecule has 0 unspecified atom stereocenters. The van der Waals surface area contributed by atoms with Gasteiger partial charge in [-0.25, -0.2) is 0 Å². The van der Waals surface area contributed by atoms with Crippen molar-refractivity contribution in [2.75, 3.05) is 13.2 Å². The minimum atomic E-state index is -0.137. The molecule has 1 amide bonds. The maximum Gasteiger partial charge on any atom is 0.258 e. The van der Waals surface area contributed by atoms with Gasteiger partial charge >= 0.3 is 0 Å². The number of fused-ring (bicyclic) bond motifs is 1. The van der Waals surface area contributed by atoms with E-state index in [9.17, 15) is 4.79 Å². The molecule has 0 radical (unpaired) electrons. The Morgan fingerprint density at radius 3 is 2.46 bits per heavy atom. The highest BCUT2D eigenvalue weighted by Gasteiger charge is 2.15. The summed E-state index contributed by atoms with van der Waals surface area (Å²) in [6.07, 6.45) is 4.84. The van der Waals surface area contributed by atoms with Gasteiger partial charge in [0.1, 0.15) is 0 Å². The van der Waals surface area contributed by atoms with Crippen LogP contribution in [0, 0.1) is 0 Å². The fourth-order valence-electron chi connectivity index (χ4n) is 3.38. The summed E-state index contributed by atoms with van der Waals surface area (Å²) >= 11 is 0. The van der Waals surface area contributed by atoms with E-state index in [1.807, 2.05) is 38.1 Å². The smallest absolute Gasteiger partial charge is 0.258 e. The summed E-state index contributed by atoms with van der Waals surface area (Å²) in [5.41, 5.74) is 4.03. The van der Waals surface area contributed by atoms with Gasteiger partial charge in [0.15, 0.2) is 18.1 Å². The topological polar surface area (TPSA) is 47.6 Å². The number of rotatable bonds is 7. The molecule has 138 valence electrons. The summed E-state index contributed by atoms with van der Waals surface area (Å²) in [6, 6.07) is 13.9. The van der Waals surface area contributed by atoms with Crippen LogP contribution >= 0.6 is 0 Å². The summed E-state index contributed by atoms with van der Waals surface area (Å²) in [5.74, 6) is 1.11. The van der Waals surface area contributed by atoms with E-state index in [2.05, 4.69) is 23.5 Å². The van der Waals surface area contributed by atoms with Gasteiger partial charge in [-0.2, -0.15) is 0 Å². The SMILES string of the molecule is CCOc1ccccc1OCC(=O)N[C@@H](C)c1ccc2c(c1)CCCC2. The second-order valence-corrected chi connectivity index (χ2v) is 6.69. The summed E-state index contributed by atoms with van der Waals surface area (Å²) in [7, 11) is 0. The first-order chi connectivity index (χ1) is 12.7. The lowest BCUT2D eigenvalue weighted by molar-refractivity contribution is -0.123. The molecular formula is C22H27NO3. The van der Waals surface area contributed by atoms with Crippen LogP contribution in [0.25, 0.3) is 0 Å². The van der Waals surface area contributed by atoms with Crippen LogP contribution in [0.4, 0.5) is 0 Å². The fraction of sp³-hybridized carbons (Fsp3) is 0.409. The highest BCUT2D eigenvalue weighted by Crippen LogP contribution is 2.27. The standard InChI is InChI=1S/C22H27NO3/c1-3-25-20-10-6-7-11-21(20)26-15-22(24)23-16(2)18-13-12-17-8-4-5-9-19(17)14-18/h6-7,10-14,16H,3-5,8-9,15H2,1-2H3,(H,23,24)/t16-/m0/s1. The van der Waals surface area contributed by atoms with Gasteiger partial charge in [0.05, 0.1) is 12.6 Å². The van der Waals surface area contributed by atoms with E-state index in [4.69, 9.17) is 9.47 Å². The maximum absolute atomic E-state index is 12.3. The number of carbonyl (C=O) groups excluding carboxylic acids is 1. The van der Waals surface area contributed by atoms with Crippen molar-refractivity contribution in [1.82, 2.24) is 5.32 Å². The zero-order valence-corrected chi connectivity index (χ0v) is 15.6. The molecule has 0 saturated heterocycles. The molecule has 0 heterocycles. The van der Waals surface area contributed by atoms with Gasteiger partial charge in [0, 0.05) is 0 Å². The zero-order chi connectivity index (χ0) is 18.4. The number of ether oxygens (including phenoxy) is 2. The Labute approximate surface area is 155 Å². The van der Waals surface area contributed by atoms with Crippen molar-refractivity contribution in [1.29, 1.82) is 0 Å². The highest BCUT2D eigenvalue weighted by atomic mass is 16.5. The lowest BCUT2D eigenvalue weighted by Crippen LogP contribution is -2.31. The third kappa shape index (κ3) is 4.57.